The van der Waals surface area contributed by atoms with Crippen LogP contribution in [0.5, 0.6) is 5.75 Å². The summed E-state index contributed by atoms with van der Waals surface area (Å²) < 4.78 is 7.10. The summed E-state index contributed by atoms with van der Waals surface area (Å²) in [6.45, 7) is 0. The van der Waals surface area contributed by atoms with Crippen molar-refractivity contribution in [1.29, 1.82) is 0 Å². The third-order valence-corrected chi connectivity index (χ3v) is 6.58. The van der Waals surface area contributed by atoms with Crippen LogP contribution in [-0.4, -0.2) is 32.5 Å². The van der Waals surface area contributed by atoms with Crippen LogP contribution < -0.4 is 4.74 Å². The van der Waals surface area contributed by atoms with Crippen LogP contribution in [0, 0.1) is 0 Å². The highest BCUT2D eigenvalue weighted by atomic mass is 35.5. The fraction of sp³-hybridized carbons (Fsp3) is 0.217. The summed E-state index contributed by atoms with van der Waals surface area (Å²) in [6, 6.07) is 15.6. The number of para-hydroxylation sites is 1. The van der Waals surface area contributed by atoms with E-state index in [4.69, 9.17) is 16.3 Å². The van der Waals surface area contributed by atoms with E-state index < -0.39 is 0 Å². The van der Waals surface area contributed by atoms with Gasteiger partial charge in [0, 0.05) is 29.3 Å². The molecule has 156 valence electrons. The SMILES string of the molecule is COc1ccccc1[C@H]1CC(=O)c2cn3nc(SCc4ccc(Cl)cc4)nc3nc2C1. The molecule has 4 aromatic rings. The molecule has 0 unspecified atom stereocenters. The van der Waals surface area contributed by atoms with Crippen molar-refractivity contribution >= 4 is 34.9 Å². The van der Waals surface area contributed by atoms with E-state index in [1.54, 1.807) is 17.8 Å². The fourth-order valence-corrected chi connectivity index (χ4v) is 4.78. The molecule has 2 heterocycles. The molecule has 0 aliphatic heterocycles. The monoisotopic (exact) mass is 450 g/mol. The molecule has 0 amide bonds. The number of hydrogen-bond acceptors (Lipinski definition) is 6. The molecule has 1 aliphatic carbocycles. The zero-order valence-corrected chi connectivity index (χ0v) is 18.4. The second-order valence-corrected chi connectivity index (χ2v) is 8.80. The van der Waals surface area contributed by atoms with Crippen LogP contribution in [0.25, 0.3) is 5.78 Å². The van der Waals surface area contributed by atoms with Gasteiger partial charge < -0.3 is 4.74 Å². The van der Waals surface area contributed by atoms with Gasteiger partial charge in [0.25, 0.3) is 5.78 Å². The Morgan fingerprint density at radius 3 is 2.74 bits per heavy atom. The van der Waals surface area contributed by atoms with Crippen LogP contribution in [-0.2, 0) is 12.2 Å². The Labute approximate surface area is 188 Å². The molecule has 0 saturated carbocycles. The Balaban J connectivity index is 1.41. The van der Waals surface area contributed by atoms with E-state index in [-0.39, 0.29) is 11.7 Å². The Morgan fingerprint density at radius 2 is 1.94 bits per heavy atom. The smallest absolute Gasteiger partial charge is 0.253 e. The van der Waals surface area contributed by atoms with E-state index in [0.717, 1.165) is 28.3 Å². The summed E-state index contributed by atoms with van der Waals surface area (Å²) in [5.74, 6) is 2.13. The van der Waals surface area contributed by atoms with Gasteiger partial charge in [-0.1, -0.05) is 53.7 Å². The molecule has 1 aliphatic rings. The van der Waals surface area contributed by atoms with Crippen LogP contribution in [0.4, 0.5) is 0 Å². The van der Waals surface area contributed by atoms with Crippen molar-refractivity contribution in [3.05, 3.63) is 82.1 Å². The van der Waals surface area contributed by atoms with Gasteiger partial charge in [0.1, 0.15) is 5.75 Å². The predicted octanol–water partition coefficient (Wildman–Crippen LogP) is 4.99. The average molecular weight is 451 g/mol. The Kier molecular flexibility index (Phi) is 5.38. The molecule has 6 nitrogen and oxygen atoms in total. The third-order valence-electron chi connectivity index (χ3n) is 5.42. The maximum atomic E-state index is 12.9. The number of benzene rings is 2. The average Bonchev–Trinajstić information content (AvgIpc) is 3.19. The molecule has 2 aromatic heterocycles. The minimum Gasteiger partial charge on any atom is -0.496 e. The van der Waals surface area contributed by atoms with Crippen molar-refractivity contribution in [2.45, 2.75) is 29.7 Å². The second-order valence-electron chi connectivity index (χ2n) is 7.43. The lowest BCUT2D eigenvalue weighted by Crippen LogP contribution is -2.21. The largest absolute Gasteiger partial charge is 0.496 e. The van der Waals surface area contributed by atoms with E-state index in [1.165, 1.54) is 11.8 Å². The van der Waals surface area contributed by atoms with Crippen LogP contribution in [0.3, 0.4) is 0 Å². The summed E-state index contributed by atoms with van der Waals surface area (Å²) in [5.41, 5.74) is 3.56. The fourth-order valence-electron chi connectivity index (χ4n) is 3.88. The van der Waals surface area contributed by atoms with Crippen LogP contribution in [0.15, 0.2) is 59.9 Å². The molecule has 0 radical (unpaired) electrons. The highest BCUT2D eigenvalue weighted by molar-refractivity contribution is 7.98. The molecule has 0 spiro atoms. The van der Waals surface area contributed by atoms with Gasteiger partial charge in [-0.15, -0.1) is 5.10 Å². The molecule has 2 aromatic carbocycles. The van der Waals surface area contributed by atoms with Crippen molar-refractivity contribution in [1.82, 2.24) is 19.6 Å². The lowest BCUT2D eigenvalue weighted by molar-refractivity contribution is 0.0962. The van der Waals surface area contributed by atoms with Gasteiger partial charge in [0.05, 0.1) is 18.4 Å². The number of rotatable bonds is 5. The van der Waals surface area contributed by atoms with Gasteiger partial charge in [-0.3, -0.25) is 4.79 Å². The molecule has 0 fully saturated rings. The molecule has 1 atom stereocenters. The molecule has 31 heavy (non-hydrogen) atoms. The number of nitrogens with zero attached hydrogens (tertiary/aromatic N) is 4. The van der Waals surface area contributed by atoms with Crippen molar-refractivity contribution in [2.75, 3.05) is 7.11 Å². The second kappa shape index (κ2) is 8.32. The summed E-state index contributed by atoms with van der Waals surface area (Å²) in [5, 5.41) is 5.84. The van der Waals surface area contributed by atoms with Crippen molar-refractivity contribution in [3.63, 3.8) is 0 Å². The number of ether oxygens (including phenoxy) is 1. The van der Waals surface area contributed by atoms with Gasteiger partial charge in [0.15, 0.2) is 5.78 Å². The number of carbonyl (C=O) groups is 1. The Bertz CT molecular complexity index is 1270. The predicted molar refractivity (Wildman–Crippen MR) is 120 cm³/mol. The number of hydrogen-bond donors (Lipinski definition) is 0. The first kappa shape index (κ1) is 20.0. The summed E-state index contributed by atoms with van der Waals surface area (Å²) in [4.78, 5) is 22.1. The van der Waals surface area contributed by atoms with E-state index in [9.17, 15) is 4.79 Å². The highest BCUT2D eigenvalue weighted by Gasteiger charge is 2.30. The lowest BCUT2D eigenvalue weighted by atomic mass is 9.82. The Morgan fingerprint density at radius 1 is 1.13 bits per heavy atom. The summed E-state index contributed by atoms with van der Waals surface area (Å²) >= 11 is 7.47. The van der Waals surface area contributed by atoms with E-state index in [0.29, 0.717) is 34.4 Å². The van der Waals surface area contributed by atoms with Gasteiger partial charge in [-0.05, 0) is 35.7 Å². The standard InChI is InChI=1S/C23H19ClN4O2S/c1-30-21-5-3-2-4-17(21)15-10-19-18(20(29)11-15)12-28-22(25-19)26-23(27-28)31-13-14-6-8-16(24)9-7-14/h2-9,12,15H,10-11,13H2,1H3/t15-/m1/s1. The number of Topliss-reactive ketones (excluding diaryl/α,β-unsaturated/α-hetero) is 1. The summed E-state index contributed by atoms with van der Waals surface area (Å²) in [7, 11) is 1.65. The number of thioether (sulfide) groups is 1. The van der Waals surface area contributed by atoms with Crippen LogP contribution >= 0.6 is 23.4 Å². The van der Waals surface area contributed by atoms with Gasteiger partial charge in [-0.25, -0.2) is 9.50 Å². The first-order chi connectivity index (χ1) is 15.1. The molecule has 8 heteroatoms. The molecular weight excluding hydrogens is 432 g/mol. The van der Waals surface area contributed by atoms with Crippen molar-refractivity contribution < 1.29 is 9.53 Å². The molecule has 0 bridgehead atoms. The van der Waals surface area contributed by atoms with Gasteiger partial charge >= 0.3 is 0 Å². The molecule has 5 rings (SSSR count). The lowest BCUT2D eigenvalue weighted by Gasteiger charge is -2.24. The number of aromatic nitrogens is 4. The van der Waals surface area contributed by atoms with Gasteiger partial charge in [0.2, 0.25) is 5.16 Å². The minimum absolute atomic E-state index is 0.0350. The van der Waals surface area contributed by atoms with Crippen molar-refractivity contribution in [3.8, 4) is 5.75 Å². The maximum absolute atomic E-state index is 12.9. The zero-order valence-electron chi connectivity index (χ0n) is 16.8. The molecule has 0 saturated heterocycles. The normalized spacial score (nSPS) is 15.8. The number of fused-ring (bicyclic) bond motifs is 2. The molecular formula is C23H19ClN4O2S. The highest BCUT2D eigenvalue weighted by Crippen LogP contribution is 2.36. The topological polar surface area (TPSA) is 69.4 Å². The number of methoxy groups -OCH3 is 1. The van der Waals surface area contributed by atoms with Gasteiger partial charge in [-0.2, -0.15) is 4.98 Å². The first-order valence-corrected chi connectivity index (χ1v) is 11.3. The van der Waals surface area contributed by atoms with E-state index in [1.807, 2.05) is 48.5 Å². The first-order valence-electron chi connectivity index (χ1n) is 9.90. The number of halogens is 1. The van der Waals surface area contributed by atoms with E-state index in [2.05, 4.69) is 15.1 Å². The minimum atomic E-state index is 0.0350. The number of ketones is 1. The number of carbonyl (C=O) groups excluding carboxylic acids is 1. The van der Waals surface area contributed by atoms with Crippen LogP contribution in [0.2, 0.25) is 5.02 Å². The van der Waals surface area contributed by atoms with Crippen LogP contribution in [0.1, 0.15) is 39.5 Å². The zero-order chi connectivity index (χ0) is 21.4. The van der Waals surface area contributed by atoms with E-state index >= 15 is 0 Å². The third kappa shape index (κ3) is 4.03. The van der Waals surface area contributed by atoms with Crippen molar-refractivity contribution in [2.24, 2.45) is 0 Å². The quantitative estimate of drug-likeness (QED) is 0.399. The summed E-state index contributed by atoms with van der Waals surface area (Å²) in [6.07, 6.45) is 2.85. The molecule has 0 N–H and O–H groups in total. The Hall–Kier alpha value is -2.90. The maximum Gasteiger partial charge on any atom is 0.253 e.